The van der Waals surface area contributed by atoms with Gasteiger partial charge in [-0.2, -0.15) is 0 Å². The van der Waals surface area contributed by atoms with E-state index in [1.165, 1.54) is 7.11 Å². The molecule has 18 heavy (non-hydrogen) atoms. The number of carbonyl (C=O) groups excluding carboxylic acids is 1. The van der Waals surface area contributed by atoms with Gasteiger partial charge in [-0.15, -0.1) is 0 Å². The summed E-state index contributed by atoms with van der Waals surface area (Å²) < 4.78 is 4.86. The van der Waals surface area contributed by atoms with Gasteiger partial charge in [0.15, 0.2) is 0 Å². The number of hydrogen-bond donors (Lipinski definition) is 2. The van der Waals surface area contributed by atoms with E-state index in [2.05, 4.69) is 12.2 Å². The second-order valence-electron chi connectivity index (χ2n) is 6.19. The lowest BCUT2D eigenvalue weighted by molar-refractivity contribution is -0.153. The summed E-state index contributed by atoms with van der Waals surface area (Å²) in [6, 6.07) is 0. The molecule has 0 heterocycles. The second-order valence-corrected chi connectivity index (χ2v) is 6.19. The van der Waals surface area contributed by atoms with Crippen molar-refractivity contribution in [3.63, 3.8) is 0 Å². The van der Waals surface area contributed by atoms with Gasteiger partial charge in [0.25, 0.3) is 0 Å². The van der Waals surface area contributed by atoms with Gasteiger partial charge >= 0.3 is 5.97 Å². The molecule has 0 amide bonds. The van der Waals surface area contributed by atoms with Crippen LogP contribution in [0.3, 0.4) is 0 Å². The molecule has 2 aliphatic carbocycles. The molecule has 0 atom stereocenters. The van der Waals surface area contributed by atoms with E-state index >= 15 is 0 Å². The molecule has 0 radical (unpaired) electrons. The molecule has 4 nitrogen and oxygen atoms in total. The van der Waals surface area contributed by atoms with Gasteiger partial charge in [0.2, 0.25) is 0 Å². The molecule has 2 rings (SSSR count). The van der Waals surface area contributed by atoms with E-state index in [9.17, 15) is 9.90 Å². The summed E-state index contributed by atoms with van der Waals surface area (Å²) in [4.78, 5) is 11.8. The van der Waals surface area contributed by atoms with E-state index in [1.54, 1.807) is 0 Å². The number of rotatable bonds is 4. The number of carbonyl (C=O) groups is 1. The van der Waals surface area contributed by atoms with E-state index in [0.717, 1.165) is 44.9 Å². The zero-order valence-electron chi connectivity index (χ0n) is 11.5. The third-order valence-corrected chi connectivity index (χ3v) is 4.74. The number of methoxy groups -OCH3 is 1. The molecular formula is C14H25NO3. The van der Waals surface area contributed by atoms with Crippen LogP contribution in [0.5, 0.6) is 0 Å². The lowest BCUT2D eigenvalue weighted by Gasteiger charge is -2.43. The topological polar surface area (TPSA) is 58.6 Å². The van der Waals surface area contributed by atoms with Crippen molar-refractivity contribution in [3.05, 3.63) is 0 Å². The van der Waals surface area contributed by atoms with Gasteiger partial charge in [0.1, 0.15) is 5.54 Å². The van der Waals surface area contributed by atoms with Crippen molar-refractivity contribution in [1.82, 2.24) is 5.32 Å². The fourth-order valence-corrected chi connectivity index (χ4v) is 2.99. The van der Waals surface area contributed by atoms with Crippen LogP contribution in [0.1, 0.15) is 51.9 Å². The quantitative estimate of drug-likeness (QED) is 0.749. The Hall–Kier alpha value is -0.610. The molecule has 0 aromatic carbocycles. The first-order valence-corrected chi connectivity index (χ1v) is 7.06. The summed E-state index contributed by atoms with van der Waals surface area (Å²) in [7, 11) is 1.43. The first-order valence-electron chi connectivity index (χ1n) is 7.06. The highest BCUT2D eigenvalue weighted by Crippen LogP contribution is 2.36. The molecule has 0 bridgehead atoms. The normalized spacial score (nSPS) is 34.7. The minimum atomic E-state index is -0.636. The molecule has 104 valence electrons. The Labute approximate surface area is 109 Å². The first kappa shape index (κ1) is 13.8. The van der Waals surface area contributed by atoms with Gasteiger partial charge in [-0.1, -0.05) is 6.92 Å². The number of ether oxygens (including phenoxy) is 1. The highest BCUT2D eigenvalue weighted by Gasteiger charge is 2.46. The van der Waals surface area contributed by atoms with E-state index in [1.807, 2.05) is 0 Å². The standard InChI is InChI=1S/C14H25NO3/c1-11-4-8-13(17,9-5-11)10-15-14(6-3-7-14)12(16)18-2/h11,15,17H,3-10H2,1-2H3. The maximum Gasteiger partial charge on any atom is 0.326 e. The summed E-state index contributed by atoms with van der Waals surface area (Å²) in [6.45, 7) is 2.74. The Morgan fingerprint density at radius 2 is 1.94 bits per heavy atom. The van der Waals surface area contributed by atoms with Crippen LogP contribution in [-0.4, -0.2) is 35.9 Å². The summed E-state index contributed by atoms with van der Waals surface area (Å²) in [5, 5.41) is 13.8. The van der Waals surface area contributed by atoms with Crippen molar-refractivity contribution >= 4 is 5.97 Å². The summed E-state index contributed by atoms with van der Waals surface area (Å²) in [5.41, 5.74) is -1.16. The Bertz CT molecular complexity index is 304. The van der Waals surface area contributed by atoms with Crippen molar-refractivity contribution < 1.29 is 14.6 Å². The van der Waals surface area contributed by atoms with Crippen LogP contribution >= 0.6 is 0 Å². The highest BCUT2D eigenvalue weighted by molar-refractivity contribution is 5.81. The Morgan fingerprint density at radius 1 is 1.33 bits per heavy atom. The Morgan fingerprint density at radius 3 is 2.39 bits per heavy atom. The first-order chi connectivity index (χ1) is 8.50. The number of esters is 1. The van der Waals surface area contributed by atoms with E-state index in [4.69, 9.17) is 4.74 Å². The van der Waals surface area contributed by atoms with Gasteiger partial charge in [0, 0.05) is 6.54 Å². The number of β-amino-alcohol motifs (C(OH)–C–C–N with tert-alkyl or cyclic N) is 1. The third kappa shape index (κ3) is 2.69. The largest absolute Gasteiger partial charge is 0.468 e. The SMILES string of the molecule is COC(=O)C1(NCC2(O)CCC(C)CC2)CCC1. The van der Waals surface area contributed by atoms with E-state index in [0.29, 0.717) is 12.5 Å². The molecule has 2 fully saturated rings. The lowest BCUT2D eigenvalue weighted by Crippen LogP contribution is -2.61. The Kier molecular flexibility index (Phi) is 3.97. The molecule has 0 aromatic heterocycles. The molecule has 0 aliphatic heterocycles. The average molecular weight is 255 g/mol. The van der Waals surface area contributed by atoms with Crippen LogP contribution in [-0.2, 0) is 9.53 Å². The number of nitrogens with one attached hydrogen (secondary N) is 1. The summed E-state index contributed by atoms with van der Waals surface area (Å²) in [6.07, 6.45) is 6.51. The molecule has 0 unspecified atom stereocenters. The van der Waals surface area contributed by atoms with Crippen molar-refractivity contribution in [2.45, 2.75) is 63.0 Å². The van der Waals surface area contributed by atoms with Crippen molar-refractivity contribution in [2.24, 2.45) is 5.92 Å². The maximum absolute atomic E-state index is 11.8. The predicted molar refractivity (Wildman–Crippen MR) is 69.2 cm³/mol. The summed E-state index contributed by atoms with van der Waals surface area (Å²) >= 11 is 0. The van der Waals surface area contributed by atoms with Crippen LogP contribution in [0.15, 0.2) is 0 Å². The van der Waals surface area contributed by atoms with Gasteiger partial charge < -0.3 is 9.84 Å². The van der Waals surface area contributed by atoms with Crippen LogP contribution < -0.4 is 5.32 Å². The molecule has 4 heteroatoms. The fourth-order valence-electron chi connectivity index (χ4n) is 2.99. The monoisotopic (exact) mass is 255 g/mol. The van der Waals surface area contributed by atoms with Gasteiger partial charge in [-0.3, -0.25) is 10.1 Å². The van der Waals surface area contributed by atoms with Crippen LogP contribution in [0.25, 0.3) is 0 Å². The van der Waals surface area contributed by atoms with Gasteiger partial charge in [-0.25, -0.2) is 0 Å². The molecule has 2 saturated carbocycles. The second kappa shape index (κ2) is 5.17. The maximum atomic E-state index is 11.8. The average Bonchev–Trinajstić information content (AvgIpc) is 2.31. The zero-order valence-corrected chi connectivity index (χ0v) is 11.5. The molecular weight excluding hydrogens is 230 g/mol. The van der Waals surface area contributed by atoms with Crippen LogP contribution in [0, 0.1) is 5.92 Å². The Balaban J connectivity index is 1.88. The van der Waals surface area contributed by atoms with Crippen LogP contribution in [0.2, 0.25) is 0 Å². The molecule has 0 spiro atoms. The molecule has 2 aliphatic rings. The minimum absolute atomic E-state index is 0.179. The fraction of sp³-hybridized carbons (Fsp3) is 0.929. The number of hydrogen-bond acceptors (Lipinski definition) is 4. The smallest absolute Gasteiger partial charge is 0.326 e. The van der Waals surface area contributed by atoms with Crippen LogP contribution in [0.4, 0.5) is 0 Å². The molecule has 0 aromatic rings. The number of aliphatic hydroxyl groups is 1. The van der Waals surface area contributed by atoms with E-state index in [-0.39, 0.29) is 5.97 Å². The van der Waals surface area contributed by atoms with E-state index < -0.39 is 11.1 Å². The van der Waals surface area contributed by atoms with Crippen molar-refractivity contribution in [2.75, 3.05) is 13.7 Å². The molecule has 0 saturated heterocycles. The molecule has 2 N–H and O–H groups in total. The van der Waals surface area contributed by atoms with Gasteiger partial charge in [0.05, 0.1) is 12.7 Å². The summed E-state index contributed by atoms with van der Waals surface area (Å²) in [5.74, 6) is 0.532. The third-order valence-electron chi connectivity index (χ3n) is 4.74. The highest BCUT2D eigenvalue weighted by atomic mass is 16.5. The van der Waals surface area contributed by atoms with Gasteiger partial charge in [-0.05, 0) is 50.9 Å². The minimum Gasteiger partial charge on any atom is -0.468 e. The predicted octanol–water partition coefficient (Wildman–Crippen LogP) is 1.61. The lowest BCUT2D eigenvalue weighted by atomic mass is 9.74. The zero-order chi connectivity index (χ0) is 13.2. The van der Waals surface area contributed by atoms with Crippen molar-refractivity contribution in [1.29, 1.82) is 0 Å². The van der Waals surface area contributed by atoms with Crippen molar-refractivity contribution in [3.8, 4) is 0 Å².